The molecule has 0 spiro atoms. The molecule has 2 aliphatic rings. The average molecular weight is 551 g/mol. The lowest BCUT2D eigenvalue weighted by molar-refractivity contribution is -0.137. The third-order valence-corrected chi connectivity index (χ3v) is 7.84. The zero-order valence-corrected chi connectivity index (χ0v) is 22.2. The number of amides is 1. The van der Waals surface area contributed by atoms with Gasteiger partial charge in [0.1, 0.15) is 29.7 Å². The van der Waals surface area contributed by atoms with Crippen LogP contribution in [0.5, 0.6) is 6.01 Å². The molecule has 0 bridgehead atoms. The molecule has 1 aliphatic carbocycles. The van der Waals surface area contributed by atoms with E-state index in [9.17, 15) is 18.0 Å². The molecule has 0 radical (unpaired) electrons. The van der Waals surface area contributed by atoms with Crippen LogP contribution in [0.25, 0.3) is 11.3 Å². The lowest BCUT2D eigenvalue weighted by atomic mass is 9.96. The Morgan fingerprint density at radius 2 is 1.92 bits per heavy atom. The molecule has 0 aromatic carbocycles. The number of thiazole rings is 1. The highest BCUT2D eigenvalue weighted by atomic mass is 32.1. The van der Waals surface area contributed by atoms with E-state index in [1.54, 1.807) is 11.2 Å². The molecular weight excluding hydrogens is 521 g/mol. The van der Waals surface area contributed by atoms with Crippen molar-refractivity contribution in [3.05, 3.63) is 29.6 Å². The predicted molar refractivity (Wildman–Crippen MR) is 134 cm³/mol. The highest BCUT2D eigenvalue weighted by Crippen LogP contribution is 2.43. The Morgan fingerprint density at radius 3 is 2.50 bits per heavy atom. The van der Waals surface area contributed by atoms with E-state index < -0.39 is 11.2 Å². The zero-order chi connectivity index (χ0) is 27.0. The van der Waals surface area contributed by atoms with Gasteiger partial charge in [-0.2, -0.15) is 18.3 Å². The Balaban J connectivity index is 1.32. The molecule has 38 heavy (non-hydrogen) atoms. The first-order valence-corrected chi connectivity index (χ1v) is 13.4. The van der Waals surface area contributed by atoms with Crippen molar-refractivity contribution < 1.29 is 22.7 Å². The van der Waals surface area contributed by atoms with Crippen LogP contribution in [0.15, 0.2) is 18.7 Å². The van der Waals surface area contributed by atoms with E-state index in [2.05, 4.69) is 25.0 Å². The SMILES string of the molecule is CC(C)c1ncn(CC(=O)N2CCN(c3sc(C(F)(F)F)nc3-c3cnc(OC4CCC4)nc3)C[C@H]2C)n1. The van der Waals surface area contributed by atoms with E-state index in [0.29, 0.717) is 47.4 Å². The van der Waals surface area contributed by atoms with Crippen LogP contribution in [0.3, 0.4) is 0 Å². The summed E-state index contributed by atoms with van der Waals surface area (Å²) in [5.41, 5.74) is 0.555. The van der Waals surface area contributed by atoms with Gasteiger partial charge in [-0.1, -0.05) is 25.2 Å². The molecule has 3 aromatic heterocycles. The number of hydrogen-bond donors (Lipinski definition) is 0. The first kappa shape index (κ1) is 26.3. The summed E-state index contributed by atoms with van der Waals surface area (Å²) in [7, 11) is 0. The van der Waals surface area contributed by atoms with Gasteiger partial charge in [-0.3, -0.25) is 4.79 Å². The van der Waals surface area contributed by atoms with Crippen molar-refractivity contribution in [2.24, 2.45) is 0 Å². The minimum atomic E-state index is -4.58. The number of piperazine rings is 1. The van der Waals surface area contributed by atoms with Gasteiger partial charge in [0, 0.05) is 49.6 Å². The van der Waals surface area contributed by atoms with Crippen molar-refractivity contribution in [3.63, 3.8) is 0 Å². The van der Waals surface area contributed by atoms with Crippen molar-refractivity contribution in [1.29, 1.82) is 0 Å². The van der Waals surface area contributed by atoms with Crippen molar-refractivity contribution in [2.45, 2.75) is 70.8 Å². The predicted octanol–water partition coefficient (Wildman–Crippen LogP) is 4.00. The van der Waals surface area contributed by atoms with E-state index >= 15 is 0 Å². The van der Waals surface area contributed by atoms with Crippen LogP contribution in [0.2, 0.25) is 0 Å². The molecule has 1 atom stereocenters. The summed E-state index contributed by atoms with van der Waals surface area (Å²) in [6, 6.07) is -0.0250. The monoisotopic (exact) mass is 550 g/mol. The van der Waals surface area contributed by atoms with E-state index in [1.165, 1.54) is 17.1 Å². The first-order chi connectivity index (χ1) is 18.1. The average Bonchev–Trinajstić information content (AvgIpc) is 3.49. The van der Waals surface area contributed by atoms with Gasteiger partial charge >= 0.3 is 12.2 Å². The fraction of sp³-hybridized carbons (Fsp3) is 0.583. The molecule has 10 nitrogen and oxygen atoms in total. The molecule has 4 heterocycles. The van der Waals surface area contributed by atoms with Crippen LogP contribution in [0.1, 0.15) is 56.8 Å². The third kappa shape index (κ3) is 5.59. The molecule has 1 amide bonds. The molecule has 1 saturated heterocycles. The van der Waals surface area contributed by atoms with Gasteiger partial charge in [-0.25, -0.2) is 24.6 Å². The number of carbonyl (C=O) groups is 1. The summed E-state index contributed by atoms with van der Waals surface area (Å²) >= 11 is 0.592. The van der Waals surface area contributed by atoms with Crippen LogP contribution < -0.4 is 9.64 Å². The highest BCUT2D eigenvalue weighted by molar-refractivity contribution is 7.16. The summed E-state index contributed by atoms with van der Waals surface area (Å²) in [5, 5.41) is 3.79. The smallest absolute Gasteiger partial charge is 0.443 e. The lowest BCUT2D eigenvalue weighted by Crippen LogP contribution is -2.54. The van der Waals surface area contributed by atoms with E-state index in [-0.39, 0.29) is 42.2 Å². The molecule has 5 rings (SSSR count). The number of alkyl halides is 3. The first-order valence-electron chi connectivity index (χ1n) is 12.6. The Hall–Kier alpha value is -3.29. The maximum absolute atomic E-state index is 13.6. The van der Waals surface area contributed by atoms with Crippen molar-refractivity contribution in [1.82, 2.24) is 34.6 Å². The minimum absolute atomic E-state index is 0.0563. The Kier molecular flexibility index (Phi) is 7.25. The number of aromatic nitrogens is 6. The largest absolute Gasteiger partial charge is 0.460 e. The Bertz CT molecular complexity index is 1270. The summed E-state index contributed by atoms with van der Waals surface area (Å²) in [4.78, 5) is 33.1. The second-order valence-electron chi connectivity index (χ2n) is 9.93. The highest BCUT2D eigenvalue weighted by Gasteiger charge is 2.38. The molecule has 1 aliphatic heterocycles. The number of carbonyl (C=O) groups excluding carboxylic acids is 1. The maximum atomic E-state index is 13.6. The number of anilines is 1. The quantitative estimate of drug-likeness (QED) is 0.435. The number of rotatable bonds is 7. The van der Waals surface area contributed by atoms with E-state index in [1.807, 2.05) is 25.7 Å². The Morgan fingerprint density at radius 1 is 1.18 bits per heavy atom. The maximum Gasteiger partial charge on any atom is 0.443 e. The van der Waals surface area contributed by atoms with Crippen molar-refractivity contribution >= 4 is 22.2 Å². The molecule has 0 N–H and O–H groups in total. The zero-order valence-electron chi connectivity index (χ0n) is 21.4. The van der Waals surface area contributed by atoms with Gasteiger partial charge in [0.05, 0.1) is 0 Å². The normalized spacial score (nSPS) is 18.7. The van der Waals surface area contributed by atoms with Gasteiger partial charge < -0.3 is 14.5 Å². The van der Waals surface area contributed by atoms with E-state index in [0.717, 1.165) is 19.3 Å². The lowest BCUT2D eigenvalue weighted by Gasteiger charge is -2.40. The molecule has 0 unspecified atom stereocenters. The van der Waals surface area contributed by atoms with Gasteiger partial charge in [0.25, 0.3) is 0 Å². The molecule has 14 heteroatoms. The third-order valence-electron chi connectivity index (χ3n) is 6.68. The van der Waals surface area contributed by atoms with Gasteiger partial charge in [0.2, 0.25) is 10.9 Å². The molecule has 1 saturated carbocycles. The second kappa shape index (κ2) is 10.5. The van der Waals surface area contributed by atoms with Crippen LogP contribution in [0, 0.1) is 0 Å². The molecule has 3 aromatic rings. The molecule has 204 valence electrons. The summed E-state index contributed by atoms with van der Waals surface area (Å²) in [5.74, 6) is 0.703. The van der Waals surface area contributed by atoms with Crippen molar-refractivity contribution in [3.8, 4) is 17.3 Å². The van der Waals surface area contributed by atoms with Crippen LogP contribution in [-0.2, 0) is 17.5 Å². The van der Waals surface area contributed by atoms with Gasteiger partial charge in [0.15, 0.2) is 5.82 Å². The van der Waals surface area contributed by atoms with E-state index in [4.69, 9.17) is 4.74 Å². The summed E-state index contributed by atoms with van der Waals surface area (Å²) < 4.78 is 48.1. The fourth-order valence-corrected chi connectivity index (χ4v) is 5.36. The number of hydrogen-bond acceptors (Lipinski definition) is 9. The standard InChI is InChI=1S/C24H29F3N8O2S/c1-14(2)20-30-13-34(32-20)12-18(36)35-8-7-33(11-15(35)3)21-19(31-22(38-21)24(25,26)27)16-9-28-23(29-10-16)37-17-5-4-6-17/h9-10,13-15,17H,4-8,11-12H2,1-3H3/t15-/m1/s1. The summed E-state index contributed by atoms with van der Waals surface area (Å²) in [6.07, 6.45) is 2.94. The van der Waals surface area contributed by atoms with Gasteiger partial charge in [-0.15, -0.1) is 0 Å². The Labute approximate surface area is 221 Å². The van der Waals surface area contributed by atoms with Crippen LogP contribution >= 0.6 is 11.3 Å². The van der Waals surface area contributed by atoms with Gasteiger partial charge in [-0.05, 0) is 26.2 Å². The number of nitrogens with zero attached hydrogens (tertiary/aromatic N) is 8. The number of ether oxygens (including phenoxy) is 1. The van der Waals surface area contributed by atoms with Crippen molar-refractivity contribution in [2.75, 3.05) is 24.5 Å². The molecular formula is C24H29F3N8O2S. The summed E-state index contributed by atoms with van der Waals surface area (Å²) in [6.45, 7) is 6.97. The fourth-order valence-electron chi connectivity index (χ4n) is 4.36. The second-order valence-corrected chi connectivity index (χ2v) is 10.9. The number of halogens is 3. The van der Waals surface area contributed by atoms with Crippen LogP contribution in [0.4, 0.5) is 18.2 Å². The van der Waals surface area contributed by atoms with Crippen LogP contribution in [-0.4, -0.2) is 72.3 Å². The molecule has 2 fully saturated rings. The topological polar surface area (TPSA) is 102 Å². The minimum Gasteiger partial charge on any atom is -0.460 e.